The number of rotatable bonds is 4. The number of hydrogen-bond acceptors (Lipinski definition) is 6. The minimum Gasteiger partial charge on any atom is -0.444 e. The molecule has 4 heterocycles. The Hall–Kier alpha value is -4.53. The van der Waals surface area contributed by atoms with Crippen LogP contribution in [0, 0.1) is 5.82 Å². The minimum absolute atomic E-state index is 0.0187. The van der Waals surface area contributed by atoms with Crippen LogP contribution in [0.25, 0.3) is 44.9 Å². The number of furan rings is 1. The summed E-state index contributed by atoms with van der Waals surface area (Å²) in [5.74, 6) is 0.361. The van der Waals surface area contributed by atoms with Gasteiger partial charge in [-0.1, -0.05) is 30.3 Å². The van der Waals surface area contributed by atoms with Crippen molar-refractivity contribution in [3.05, 3.63) is 79.0 Å². The van der Waals surface area contributed by atoms with Gasteiger partial charge in [-0.25, -0.2) is 19.2 Å². The van der Waals surface area contributed by atoms with E-state index in [2.05, 4.69) is 9.97 Å². The van der Waals surface area contributed by atoms with Gasteiger partial charge in [0.15, 0.2) is 0 Å². The number of carbonyl (C=O) groups is 1. The average Bonchev–Trinajstić information content (AvgIpc) is 3.65. The standard InChI is InChI=1S/C31H30FN5O3/c1-19-14-23(16-36(19)30(38)40-31(2,3)4)37-17-25(27(35-37)21-10-12-22(32)13-11-21)28-24-15-26(20-8-6-5-7-9-20)39-29(24)34-18-33-28/h5-13,15,17-19,23H,14,16H2,1-4H3/t19-,23+/m0/s1. The van der Waals surface area contributed by atoms with Gasteiger partial charge in [0.1, 0.15) is 29.2 Å². The fourth-order valence-corrected chi connectivity index (χ4v) is 5.16. The molecule has 0 unspecified atom stereocenters. The molecule has 40 heavy (non-hydrogen) atoms. The lowest BCUT2D eigenvalue weighted by molar-refractivity contribution is 0.0234. The van der Waals surface area contributed by atoms with Gasteiger partial charge in [-0.05, 0) is 64.4 Å². The van der Waals surface area contributed by atoms with Crippen LogP contribution in [0.1, 0.15) is 40.2 Å². The van der Waals surface area contributed by atoms with E-state index in [0.29, 0.717) is 35.8 Å². The molecule has 0 N–H and O–H groups in total. The zero-order valence-corrected chi connectivity index (χ0v) is 22.8. The van der Waals surface area contributed by atoms with Gasteiger partial charge in [0.25, 0.3) is 0 Å². The van der Waals surface area contributed by atoms with Gasteiger partial charge in [-0.2, -0.15) is 5.10 Å². The summed E-state index contributed by atoms with van der Waals surface area (Å²) in [6.45, 7) is 8.06. The quantitative estimate of drug-likeness (QED) is 0.241. The molecule has 6 rings (SSSR count). The molecule has 1 saturated heterocycles. The van der Waals surface area contributed by atoms with Crippen LogP contribution in [-0.2, 0) is 4.74 Å². The average molecular weight is 540 g/mol. The Balaban J connectivity index is 1.43. The SMILES string of the molecule is C[C@H]1C[C@@H](n2cc(-c3ncnc4oc(-c5ccccc5)cc34)c(-c3ccc(F)cc3)n2)CN1C(=O)OC(C)(C)C. The molecule has 2 atom stereocenters. The van der Waals surface area contributed by atoms with Crippen molar-refractivity contribution in [2.75, 3.05) is 6.54 Å². The Kier molecular flexibility index (Phi) is 6.37. The first-order chi connectivity index (χ1) is 19.2. The van der Waals surface area contributed by atoms with Crippen LogP contribution in [0.5, 0.6) is 0 Å². The molecule has 1 fully saturated rings. The first kappa shape index (κ1) is 25.7. The van der Waals surface area contributed by atoms with Crippen LogP contribution in [-0.4, -0.2) is 48.9 Å². The van der Waals surface area contributed by atoms with Gasteiger partial charge in [-0.15, -0.1) is 0 Å². The predicted octanol–water partition coefficient (Wildman–Crippen LogP) is 7.13. The van der Waals surface area contributed by atoms with E-state index < -0.39 is 5.60 Å². The van der Waals surface area contributed by atoms with E-state index in [0.717, 1.165) is 22.1 Å². The maximum Gasteiger partial charge on any atom is 0.410 e. The molecular weight excluding hydrogens is 509 g/mol. The molecular formula is C31H30FN5O3. The number of amides is 1. The van der Waals surface area contributed by atoms with Crippen LogP contribution in [0.4, 0.5) is 9.18 Å². The normalized spacial score (nSPS) is 17.5. The van der Waals surface area contributed by atoms with Gasteiger partial charge in [0.05, 0.1) is 17.1 Å². The molecule has 1 amide bonds. The van der Waals surface area contributed by atoms with Crippen molar-refractivity contribution >= 4 is 17.2 Å². The number of benzene rings is 2. The highest BCUT2D eigenvalue weighted by Gasteiger charge is 2.37. The second kappa shape index (κ2) is 9.89. The fourth-order valence-electron chi connectivity index (χ4n) is 5.16. The highest BCUT2D eigenvalue weighted by molar-refractivity contribution is 5.95. The van der Waals surface area contributed by atoms with Crippen LogP contribution in [0.2, 0.25) is 0 Å². The Bertz CT molecular complexity index is 1670. The second-order valence-electron chi connectivity index (χ2n) is 11.2. The maximum atomic E-state index is 13.8. The molecule has 1 aliphatic heterocycles. The topological polar surface area (TPSA) is 86.3 Å². The molecule has 2 aromatic carbocycles. The third-order valence-corrected chi connectivity index (χ3v) is 7.05. The summed E-state index contributed by atoms with van der Waals surface area (Å²) in [4.78, 5) is 23.6. The minimum atomic E-state index is -0.578. The molecule has 204 valence electrons. The third-order valence-electron chi connectivity index (χ3n) is 7.05. The fraction of sp³-hybridized carbons (Fsp3) is 0.290. The van der Waals surface area contributed by atoms with E-state index >= 15 is 0 Å². The second-order valence-corrected chi connectivity index (χ2v) is 11.2. The summed E-state index contributed by atoms with van der Waals surface area (Å²) in [7, 11) is 0. The predicted molar refractivity (Wildman–Crippen MR) is 150 cm³/mol. The lowest BCUT2D eigenvalue weighted by atomic mass is 10.0. The first-order valence-corrected chi connectivity index (χ1v) is 13.3. The Morgan fingerprint density at radius 3 is 2.50 bits per heavy atom. The molecule has 5 aromatic rings. The number of carbonyl (C=O) groups excluding carboxylic acids is 1. The summed E-state index contributed by atoms with van der Waals surface area (Å²) in [5, 5.41) is 5.72. The zero-order chi connectivity index (χ0) is 28.0. The number of fused-ring (bicyclic) bond motifs is 1. The molecule has 0 bridgehead atoms. The van der Waals surface area contributed by atoms with Crippen molar-refractivity contribution in [1.82, 2.24) is 24.6 Å². The van der Waals surface area contributed by atoms with Gasteiger partial charge >= 0.3 is 6.09 Å². The van der Waals surface area contributed by atoms with E-state index in [-0.39, 0.29) is 24.0 Å². The van der Waals surface area contributed by atoms with Crippen molar-refractivity contribution in [2.24, 2.45) is 0 Å². The van der Waals surface area contributed by atoms with E-state index in [1.54, 1.807) is 17.0 Å². The highest BCUT2D eigenvalue weighted by atomic mass is 19.1. The molecule has 0 radical (unpaired) electrons. The van der Waals surface area contributed by atoms with E-state index in [1.807, 2.05) is 75.0 Å². The highest BCUT2D eigenvalue weighted by Crippen LogP contribution is 2.38. The Labute approximate surface area is 231 Å². The number of hydrogen-bond donors (Lipinski definition) is 0. The van der Waals surface area contributed by atoms with Crippen LogP contribution < -0.4 is 0 Å². The number of aromatic nitrogens is 4. The van der Waals surface area contributed by atoms with Gasteiger partial charge in [-0.3, -0.25) is 4.68 Å². The lowest BCUT2D eigenvalue weighted by Crippen LogP contribution is -2.38. The molecule has 0 saturated carbocycles. The molecule has 8 nitrogen and oxygen atoms in total. The van der Waals surface area contributed by atoms with Crippen LogP contribution in [0.3, 0.4) is 0 Å². The monoisotopic (exact) mass is 539 g/mol. The molecule has 3 aromatic heterocycles. The molecule has 9 heteroatoms. The number of halogens is 1. The van der Waals surface area contributed by atoms with Crippen LogP contribution >= 0.6 is 0 Å². The summed E-state index contributed by atoms with van der Waals surface area (Å²) >= 11 is 0. The largest absolute Gasteiger partial charge is 0.444 e. The number of likely N-dealkylation sites (tertiary alicyclic amines) is 1. The lowest BCUT2D eigenvalue weighted by Gasteiger charge is -2.26. The van der Waals surface area contributed by atoms with Gasteiger partial charge < -0.3 is 14.1 Å². The van der Waals surface area contributed by atoms with E-state index in [1.165, 1.54) is 18.5 Å². The van der Waals surface area contributed by atoms with E-state index in [9.17, 15) is 9.18 Å². The summed E-state index contributed by atoms with van der Waals surface area (Å²) in [6, 6.07) is 17.9. The van der Waals surface area contributed by atoms with Crippen molar-refractivity contribution in [1.29, 1.82) is 0 Å². The zero-order valence-electron chi connectivity index (χ0n) is 22.8. The van der Waals surface area contributed by atoms with Crippen molar-refractivity contribution in [2.45, 2.75) is 51.8 Å². The smallest absolute Gasteiger partial charge is 0.410 e. The Morgan fingerprint density at radius 1 is 1.02 bits per heavy atom. The van der Waals surface area contributed by atoms with Gasteiger partial charge in [0.2, 0.25) is 5.71 Å². The van der Waals surface area contributed by atoms with Crippen molar-refractivity contribution < 1.29 is 18.3 Å². The van der Waals surface area contributed by atoms with Gasteiger partial charge in [0, 0.05) is 35.5 Å². The summed E-state index contributed by atoms with van der Waals surface area (Å²) in [5.41, 5.74) is 3.66. The molecule has 1 aliphatic rings. The third kappa shape index (κ3) is 4.95. The molecule has 0 spiro atoms. The number of nitrogens with zero attached hydrogens (tertiary/aromatic N) is 5. The van der Waals surface area contributed by atoms with Crippen molar-refractivity contribution in [3.8, 4) is 33.8 Å². The maximum absolute atomic E-state index is 13.8. The molecule has 0 aliphatic carbocycles. The summed E-state index contributed by atoms with van der Waals surface area (Å²) in [6.07, 6.45) is 3.81. The summed E-state index contributed by atoms with van der Waals surface area (Å²) < 4.78 is 27.4. The van der Waals surface area contributed by atoms with Crippen molar-refractivity contribution in [3.63, 3.8) is 0 Å². The first-order valence-electron chi connectivity index (χ1n) is 13.3. The van der Waals surface area contributed by atoms with E-state index in [4.69, 9.17) is 14.3 Å². The van der Waals surface area contributed by atoms with Crippen LogP contribution in [0.15, 0.2) is 77.6 Å². The number of ether oxygens (including phenoxy) is 1. The Morgan fingerprint density at radius 2 is 1.77 bits per heavy atom.